The Bertz CT molecular complexity index is 516. The smallest absolute Gasteiger partial charge is 0.367 e. The van der Waals surface area contributed by atoms with Gasteiger partial charge in [-0.3, -0.25) is 0 Å². The highest BCUT2D eigenvalue weighted by atomic mass is 32.1. The molecule has 0 radical (unpaired) electrons. The van der Waals surface area contributed by atoms with E-state index in [1.54, 1.807) is 18.3 Å². The molecule has 0 aromatic carbocycles. The van der Waals surface area contributed by atoms with Crippen LogP contribution >= 0.6 is 22.7 Å². The maximum Gasteiger partial charge on any atom is 0.367 e. The molecule has 0 bridgehead atoms. The topological polar surface area (TPSA) is 39.2 Å². The molecule has 90 valence electrons. The van der Waals surface area contributed by atoms with Crippen molar-refractivity contribution in [2.45, 2.75) is 20.3 Å². The van der Waals surface area contributed by atoms with Crippen LogP contribution in [0, 0.1) is 0 Å². The van der Waals surface area contributed by atoms with Gasteiger partial charge in [-0.2, -0.15) is 0 Å². The molecule has 0 saturated carbocycles. The zero-order valence-corrected chi connectivity index (χ0v) is 11.4. The first kappa shape index (κ1) is 12.3. The minimum atomic E-state index is -0.337. The maximum atomic E-state index is 11.5. The van der Waals surface area contributed by atoms with E-state index >= 15 is 0 Å². The summed E-state index contributed by atoms with van der Waals surface area (Å²) in [6.07, 6.45) is 1.03. The fourth-order valence-electron chi connectivity index (χ4n) is 1.38. The van der Waals surface area contributed by atoms with Gasteiger partial charge in [0.2, 0.25) is 5.01 Å². The van der Waals surface area contributed by atoms with Gasteiger partial charge in [-0.05, 0) is 25.5 Å². The number of thiazole rings is 1. The lowest BCUT2D eigenvalue weighted by molar-refractivity contribution is 0.0526. The van der Waals surface area contributed by atoms with Crippen molar-refractivity contribution in [2.24, 2.45) is 0 Å². The zero-order chi connectivity index (χ0) is 12.3. The van der Waals surface area contributed by atoms with E-state index in [0.29, 0.717) is 11.6 Å². The summed E-state index contributed by atoms with van der Waals surface area (Å²) in [4.78, 5) is 18.2. The standard InChI is InChI=1S/C12H13NO2S2/c1-3-8-5-6-10(17-8)9-7-16-11(13-9)12(14)15-4-2/h5-7H,3-4H2,1-2H3. The summed E-state index contributed by atoms with van der Waals surface area (Å²) in [7, 11) is 0. The van der Waals surface area contributed by atoms with Crippen LogP contribution in [0.25, 0.3) is 10.6 Å². The van der Waals surface area contributed by atoms with Crippen LogP contribution in [0.2, 0.25) is 0 Å². The second kappa shape index (κ2) is 5.42. The number of aromatic nitrogens is 1. The number of aryl methyl sites for hydroxylation is 1. The van der Waals surface area contributed by atoms with Crippen molar-refractivity contribution in [3.05, 3.63) is 27.4 Å². The molecule has 0 unspecified atom stereocenters. The lowest BCUT2D eigenvalue weighted by atomic mass is 10.3. The number of hydrogen-bond acceptors (Lipinski definition) is 5. The van der Waals surface area contributed by atoms with Gasteiger partial charge in [-0.15, -0.1) is 22.7 Å². The number of carbonyl (C=O) groups is 1. The average molecular weight is 267 g/mol. The molecule has 0 fully saturated rings. The van der Waals surface area contributed by atoms with E-state index in [1.165, 1.54) is 16.2 Å². The molecular weight excluding hydrogens is 254 g/mol. The molecule has 0 atom stereocenters. The maximum absolute atomic E-state index is 11.5. The van der Waals surface area contributed by atoms with E-state index in [1.807, 2.05) is 11.4 Å². The molecule has 0 aliphatic heterocycles. The first-order chi connectivity index (χ1) is 8.24. The largest absolute Gasteiger partial charge is 0.461 e. The molecule has 2 heterocycles. The van der Waals surface area contributed by atoms with Crippen molar-refractivity contribution >= 4 is 28.6 Å². The Balaban J connectivity index is 2.20. The van der Waals surface area contributed by atoms with E-state index in [0.717, 1.165) is 17.0 Å². The minimum absolute atomic E-state index is 0.337. The molecule has 17 heavy (non-hydrogen) atoms. The second-order valence-corrected chi connectivity index (χ2v) is 5.40. The molecule has 0 amide bonds. The van der Waals surface area contributed by atoms with Crippen molar-refractivity contribution < 1.29 is 9.53 Å². The zero-order valence-electron chi connectivity index (χ0n) is 9.73. The van der Waals surface area contributed by atoms with Crippen LogP contribution in [0.5, 0.6) is 0 Å². The minimum Gasteiger partial charge on any atom is -0.461 e. The van der Waals surface area contributed by atoms with Crippen LogP contribution in [0.1, 0.15) is 28.5 Å². The molecule has 2 rings (SSSR count). The van der Waals surface area contributed by atoms with E-state index in [2.05, 4.69) is 18.0 Å². The molecule has 2 aromatic rings. The molecular formula is C12H13NO2S2. The third kappa shape index (κ3) is 2.73. The van der Waals surface area contributed by atoms with Gasteiger partial charge in [-0.25, -0.2) is 9.78 Å². The van der Waals surface area contributed by atoms with Crippen molar-refractivity contribution in [3.63, 3.8) is 0 Å². The fourth-order valence-corrected chi connectivity index (χ4v) is 3.07. The first-order valence-electron chi connectivity index (χ1n) is 5.46. The highest BCUT2D eigenvalue weighted by Gasteiger charge is 2.13. The van der Waals surface area contributed by atoms with Crippen LogP contribution in [0.4, 0.5) is 0 Å². The number of carbonyl (C=O) groups excluding carboxylic acids is 1. The number of thiophene rings is 1. The van der Waals surface area contributed by atoms with Gasteiger partial charge in [0.1, 0.15) is 0 Å². The molecule has 3 nitrogen and oxygen atoms in total. The second-order valence-electron chi connectivity index (χ2n) is 3.38. The Hall–Kier alpha value is -1.20. The number of esters is 1. The monoisotopic (exact) mass is 267 g/mol. The Labute approximate surface area is 108 Å². The van der Waals surface area contributed by atoms with Gasteiger partial charge in [0.25, 0.3) is 0 Å². The van der Waals surface area contributed by atoms with Gasteiger partial charge < -0.3 is 4.74 Å². The van der Waals surface area contributed by atoms with Crippen molar-refractivity contribution in [3.8, 4) is 10.6 Å². The lowest BCUT2D eigenvalue weighted by Gasteiger charge is -1.95. The molecule has 0 N–H and O–H groups in total. The SMILES string of the molecule is CCOC(=O)c1nc(-c2ccc(CC)s2)cs1. The summed E-state index contributed by atoms with van der Waals surface area (Å²) in [6, 6.07) is 4.15. The van der Waals surface area contributed by atoms with Gasteiger partial charge >= 0.3 is 5.97 Å². The van der Waals surface area contributed by atoms with Crippen LogP contribution in [-0.2, 0) is 11.2 Å². The first-order valence-corrected chi connectivity index (χ1v) is 7.16. The number of ether oxygens (including phenoxy) is 1. The van der Waals surface area contributed by atoms with Crippen LogP contribution in [0.3, 0.4) is 0 Å². The van der Waals surface area contributed by atoms with E-state index in [9.17, 15) is 4.79 Å². The predicted octanol–water partition coefficient (Wildman–Crippen LogP) is 3.61. The summed E-state index contributed by atoms with van der Waals surface area (Å²) >= 11 is 3.05. The van der Waals surface area contributed by atoms with Crippen molar-refractivity contribution in [1.82, 2.24) is 4.98 Å². The average Bonchev–Trinajstić information content (AvgIpc) is 2.98. The lowest BCUT2D eigenvalue weighted by Crippen LogP contribution is -2.03. The fraction of sp³-hybridized carbons (Fsp3) is 0.333. The van der Waals surface area contributed by atoms with Crippen LogP contribution < -0.4 is 0 Å². The third-order valence-corrected chi connectivity index (χ3v) is 4.29. The Morgan fingerprint density at radius 3 is 2.88 bits per heavy atom. The Kier molecular flexibility index (Phi) is 3.91. The van der Waals surface area contributed by atoms with E-state index in [-0.39, 0.29) is 5.97 Å². The normalized spacial score (nSPS) is 10.5. The summed E-state index contributed by atoms with van der Waals surface area (Å²) in [5.41, 5.74) is 0.864. The molecule has 0 aliphatic rings. The quantitative estimate of drug-likeness (QED) is 0.794. The highest BCUT2D eigenvalue weighted by molar-refractivity contribution is 7.16. The van der Waals surface area contributed by atoms with E-state index < -0.39 is 0 Å². The Morgan fingerprint density at radius 2 is 2.24 bits per heavy atom. The van der Waals surface area contributed by atoms with Gasteiger partial charge in [0, 0.05) is 10.3 Å². The van der Waals surface area contributed by atoms with Gasteiger partial charge in [0.15, 0.2) is 0 Å². The van der Waals surface area contributed by atoms with Crippen molar-refractivity contribution in [1.29, 1.82) is 0 Å². The van der Waals surface area contributed by atoms with Crippen LogP contribution in [0.15, 0.2) is 17.5 Å². The molecule has 5 heteroatoms. The van der Waals surface area contributed by atoms with Crippen molar-refractivity contribution in [2.75, 3.05) is 6.61 Å². The molecule has 0 spiro atoms. The number of nitrogens with zero attached hydrogens (tertiary/aromatic N) is 1. The Morgan fingerprint density at radius 1 is 1.41 bits per heavy atom. The summed E-state index contributed by atoms with van der Waals surface area (Å²) in [5.74, 6) is -0.337. The number of rotatable bonds is 4. The summed E-state index contributed by atoms with van der Waals surface area (Å²) < 4.78 is 4.92. The van der Waals surface area contributed by atoms with Gasteiger partial charge in [0.05, 0.1) is 17.2 Å². The predicted molar refractivity (Wildman–Crippen MR) is 70.8 cm³/mol. The van der Waals surface area contributed by atoms with Gasteiger partial charge in [-0.1, -0.05) is 6.92 Å². The highest BCUT2D eigenvalue weighted by Crippen LogP contribution is 2.29. The number of hydrogen-bond donors (Lipinski definition) is 0. The molecule has 2 aromatic heterocycles. The molecule has 0 aliphatic carbocycles. The molecule has 0 saturated heterocycles. The van der Waals surface area contributed by atoms with E-state index in [4.69, 9.17) is 4.74 Å². The summed E-state index contributed by atoms with van der Waals surface area (Å²) in [5, 5.41) is 2.32. The summed E-state index contributed by atoms with van der Waals surface area (Å²) in [6.45, 7) is 4.30. The third-order valence-electron chi connectivity index (χ3n) is 2.22. The van der Waals surface area contributed by atoms with Crippen LogP contribution in [-0.4, -0.2) is 17.6 Å².